The summed E-state index contributed by atoms with van der Waals surface area (Å²) in [5, 5.41) is 0. The molecule has 0 N–H and O–H groups in total. The molecule has 5 nitrogen and oxygen atoms in total. The summed E-state index contributed by atoms with van der Waals surface area (Å²) < 4.78 is 0. The lowest BCUT2D eigenvalue weighted by molar-refractivity contribution is 0.0644. The highest BCUT2D eigenvalue weighted by atomic mass is 16.2. The molecule has 1 amide bonds. The van der Waals surface area contributed by atoms with Crippen molar-refractivity contribution < 1.29 is 4.79 Å². The van der Waals surface area contributed by atoms with Crippen molar-refractivity contribution in [2.75, 3.05) is 32.7 Å². The largest absolute Gasteiger partial charge is 0.335 e. The molecule has 0 unspecified atom stereocenters. The van der Waals surface area contributed by atoms with E-state index in [0.717, 1.165) is 30.7 Å². The number of benzene rings is 2. The summed E-state index contributed by atoms with van der Waals surface area (Å²) in [6.45, 7) is 4.06. The van der Waals surface area contributed by atoms with Gasteiger partial charge in [-0.05, 0) is 17.7 Å². The zero-order valence-electron chi connectivity index (χ0n) is 15.2. The Labute approximate surface area is 159 Å². The van der Waals surface area contributed by atoms with Crippen molar-refractivity contribution >= 4 is 23.0 Å². The standard InChI is InChI=1S/C22H22N4O/c27-22(21-17-23-19-10-4-5-11-20(19)24-21)26-15-13-25(14-16-26)12-6-9-18-7-2-1-3-8-18/h1-11,17H,12-16H2/b9-6+. The fourth-order valence-corrected chi connectivity index (χ4v) is 3.26. The lowest BCUT2D eigenvalue weighted by Gasteiger charge is -2.33. The quantitative estimate of drug-likeness (QED) is 0.719. The summed E-state index contributed by atoms with van der Waals surface area (Å²) in [4.78, 5) is 25.8. The fourth-order valence-electron chi connectivity index (χ4n) is 3.26. The molecule has 2 aromatic carbocycles. The lowest BCUT2D eigenvalue weighted by Crippen LogP contribution is -2.48. The van der Waals surface area contributed by atoms with Crippen LogP contribution >= 0.6 is 0 Å². The van der Waals surface area contributed by atoms with Crippen molar-refractivity contribution in [1.82, 2.24) is 19.8 Å². The van der Waals surface area contributed by atoms with Crippen LogP contribution in [0.5, 0.6) is 0 Å². The van der Waals surface area contributed by atoms with Gasteiger partial charge >= 0.3 is 0 Å². The van der Waals surface area contributed by atoms with E-state index in [4.69, 9.17) is 0 Å². The maximum absolute atomic E-state index is 12.7. The highest BCUT2D eigenvalue weighted by Gasteiger charge is 2.22. The predicted octanol–water partition coefficient (Wildman–Crippen LogP) is 3.10. The second-order valence-corrected chi connectivity index (χ2v) is 6.65. The second-order valence-electron chi connectivity index (χ2n) is 6.65. The molecule has 4 rings (SSSR count). The van der Waals surface area contributed by atoms with Gasteiger partial charge in [0.25, 0.3) is 5.91 Å². The van der Waals surface area contributed by atoms with Gasteiger partial charge in [0.1, 0.15) is 5.69 Å². The average molecular weight is 358 g/mol. The van der Waals surface area contributed by atoms with E-state index in [1.54, 1.807) is 6.20 Å². The van der Waals surface area contributed by atoms with Gasteiger partial charge in [-0.15, -0.1) is 0 Å². The van der Waals surface area contributed by atoms with Crippen molar-refractivity contribution in [2.24, 2.45) is 0 Å². The van der Waals surface area contributed by atoms with E-state index in [1.165, 1.54) is 5.56 Å². The molecule has 1 fully saturated rings. The highest BCUT2D eigenvalue weighted by molar-refractivity contribution is 5.93. The number of fused-ring (bicyclic) bond motifs is 1. The molecule has 0 bridgehead atoms. The Hall–Kier alpha value is -3.05. The summed E-state index contributed by atoms with van der Waals surface area (Å²) in [6.07, 6.45) is 5.91. The molecule has 5 heteroatoms. The maximum Gasteiger partial charge on any atom is 0.274 e. The molecule has 1 aliphatic heterocycles. The van der Waals surface area contributed by atoms with Crippen LogP contribution in [-0.4, -0.2) is 58.4 Å². The molecule has 27 heavy (non-hydrogen) atoms. The molecule has 1 aromatic heterocycles. The van der Waals surface area contributed by atoms with Gasteiger partial charge < -0.3 is 4.90 Å². The maximum atomic E-state index is 12.7. The molecule has 0 saturated carbocycles. The minimum absolute atomic E-state index is 0.0345. The predicted molar refractivity (Wildman–Crippen MR) is 107 cm³/mol. The molecule has 0 radical (unpaired) electrons. The van der Waals surface area contributed by atoms with E-state index in [-0.39, 0.29) is 5.91 Å². The smallest absolute Gasteiger partial charge is 0.274 e. The number of nitrogens with zero attached hydrogens (tertiary/aromatic N) is 4. The van der Waals surface area contributed by atoms with Crippen molar-refractivity contribution in [3.05, 3.63) is 78.1 Å². The van der Waals surface area contributed by atoms with Crippen LogP contribution in [-0.2, 0) is 0 Å². The number of amides is 1. The summed E-state index contributed by atoms with van der Waals surface area (Å²) in [5.41, 5.74) is 3.20. The third-order valence-electron chi connectivity index (χ3n) is 4.80. The van der Waals surface area contributed by atoms with Crippen LogP contribution in [0, 0.1) is 0 Å². The van der Waals surface area contributed by atoms with Crippen LogP contribution in [0.15, 0.2) is 66.9 Å². The van der Waals surface area contributed by atoms with E-state index >= 15 is 0 Å². The van der Waals surface area contributed by atoms with Gasteiger partial charge in [-0.2, -0.15) is 0 Å². The van der Waals surface area contributed by atoms with E-state index in [1.807, 2.05) is 47.4 Å². The first kappa shape index (κ1) is 17.4. The van der Waals surface area contributed by atoms with E-state index in [0.29, 0.717) is 18.8 Å². The summed E-state index contributed by atoms with van der Waals surface area (Å²) >= 11 is 0. The van der Waals surface area contributed by atoms with Gasteiger partial charge in [0.2, 0.25) is 0 Å². The molecule has 136 valence electrons. The number of para-hydroxylation sites is 2. The first-order chi connectivity index (χ1) is 13.3. The molecule has 1 saturated heterocycles. The normalized spacial score (nSPS) is 15.5. The SMILES string of the molecule is O=C(c1cnc2ccccc2n1)N1CCN(C/C=C/c2ccccc2)CC1. The lowest BCUT2D eigenvalue weighted by atomic mass is 10.2. The zero-order chi connectivity index (χ0) is 18.5. The number of rotatable bonds is 4. The Balaban J connectivity index is 1.33. The van der Waals surface area contributed by atoms with Gasteiger partial charge in [0.05, 0.1) is 17.2 Å². The van der Waals surface area contributed by atoms with E-state index < -0.39 is 0 Å². The molecule has 1 aliphatic rings. The minimum Gasteiger partial charge on any atom is -0.335 e. The topological polar surface area (TPSA) is 49.3 Å². The number of piperazine rings is 1. The molecule has 2 heterocycles. The van der Waals surface area contributed by atoms with Crippen LogP contribution in [0.3, 0.4) is 0 Å². The number of aromatic nitrogens is 2. The second kappa shape index (κ2) is 8.10. The first-order valence-corrected chi connectivity index (χ1v) is 9.24. The molecule has 0 aliphatic carbocycles. The monoisotopic (exact) mass is 358 g/mol. The summed E-state index contributed by atoms with van der Waals surface area (Å²) in [6, 6.07) is 17.9. The van der Waals surface area contributed by atoms with Crippen LogP contribution < -0.4 is 0 Å². The van der Waals surface area contributed by atoms with E-state index in [9.17, 15) is 4.79 Å². The van der Waals surface area contributed by atoms with Gasteiger partial charge in [-0.1, -0.05) is 54.6 Å². The van der Waals surface area contributed by atoms with Crippen LogP contribution in [0.25, 0.3) is 17.1 Å². The summed E-state index contributed by atoms with van der Waals surface area (Å²) in [7, 11) is 0. The Morgan fingerprint density at radius 3 is 2.41 bits per heavy atom. The Bertz CT molecular complexity index is 947. The van der Waals surface area contributed by atoms with Crippen LogP contribution in [0.4, 0.5) is 0 Å². The Morgan fingerprint density at radius 2 is 1.63 bits per heavy atom. The number of carbonyl (C=O) groups excluding carboxylic acids is 1. The Morgan fingerprint density at radius 1 is 0.926 bits per heavy atom. The minimum atomic E-state index is -0.0345. The zero-order valence-corrected chi connectivity index (χ0v) is 15.2. The fraction of sp³-hybridized carbons (Fsp3) is 0.227. The van der Waals surface area contributed by atoms with Gasteiger partial charge in [0, 0.05) is 32.7 Å². The number of hydrogen-bond donors (Lipinski definition) is 0. The van der Waals surface area contributed by atoms with Crippen molar-refractivity contribution in [1.29, 1.82) is 0 Å². The molecule has 0 atom stereocenters. The van der Waals surface area contributed by atoms with Gasteiger partial charge in [-0.25, -0.2) is 4.98 Å². The molecular formula is C22H22N4O. The summed E-state index contributed by atoms with van der Waals surface area (Å²) in [5.74, 6) is -0.0345. The molecular weight excluding hydrogens is 336 g/mol. The third kappa shape index (κ3) is 4.20. The number of hydrogen-bond acceptors (Lipinski definition) is 4. The Kier molecular flexibility index (Phi) is 5.21. The molecule has 3 aromatic rings. The number of carbonyl (C=O) groups is 1. The van der Waals surface area contributed by atoms with Crippen molar-refractivity contribution in [3.63, 3.8) is 0 Å². The van der Waals surface area contributed by atoms with Crippen LogP contribution in [0.1, 0.15) is 16.1 Å². The van der Waals surface area contributed by atoms with Crippen molar-refractivity contribution in [3.8, 4) is 0 Å². The first-order valence-electron chi connectivity index (χ1n) is 9.24. The molecule has 0 spiro atoms. The van der Waals surface area contributed by atoms with Gasteiger partial charge in [-0.3, -0.25) is 14.7 Å². The highest BCUT2D eigenvalue weighted by Crippen LogP contribution is 2.12. The van der Waals surface area contributed by atoms with Crippen LogP contribution in [0.2, 0.25) is 0 Å². The average Bonchev–Trinajstić information content (AvgIpc) is 2.74. The van der Waals surface area contributed by atoms with Gasteiger partial charge in [0.15, 0.2) is 0 Å². The van der Waals surface area contributed by atoms with Crippen molar-refractivity contribution in [2.45, 2.75) is 0 Å². The third-order valence-corrected chi connectivity index (χ3v) is 4.80. The van der Waals surface area contributed by atoms with E-state index in [2.05, 4.69) is 39.2 Å².